The van der Waals surface area contributed by atoms with Gasteiger partial charge in [-0.15, -0.1) is 0 Å². The van der Waals surface area contributed by atoms with Gasteiger partial charge in [0.1, 0.15) is 11.5 Å². The molecule has 1 atom stereocenters. The number of benzene rings is 1. The Morgan fingerprint density at radius 3 is 2.50 bits per heavy atom. The zero-order chi connectivity index (χ0) is 16.9. The Kier molecular flexibility index (Phi) is 5.33. The van der Waals surface area contributed by atoms with Gasteiger partial charge in [-0.05, 0) is 62.7 Å². The fourth-order valence-electron chi connectivity index (χ4n) is 3.18. The van der Waals surface area contributed by atoms with Crippen LogP contribution >= 0.6 is 0 Å². The predicted molar refractivity (Wildman–Crippen MR) is 93.7 cm³/mol. The Balaban J connectivity index is 1.67. The first-order valence-electron chi connectivity index (χ1n) is 8.55. The summed E-state index contributed by atoms with van der Waals surface area (Å²) in [5.41, 5.74) is 7.27. The van der Waals surface area contributed by atoms with Gasteiger partial charge in [0, 0.05) is 18.7 Å². The summed E-state index contributed by atoms with van der Waals surface area (Å²) < 4.78 is 5.82. The number of nitrogens with zero attached hydrogens (tertiary/aromatic N) is 1. The molecule has 1 aliphatic heterocycles. The molecule has 0 radical (unpaired) electrons. The minimum Gasteiger partial charge on any atom is -0.465 e. The quantitative estimate of drug-likeness (QED) is 0.855. The number of aryl methyl sites for hydroxylation is 1. The molecule has 128 valence electrons. The number of likely N-dealkylation sites (tertiary alicyclic amines) is 1. The van der Waals surface area contributed by atoms with Crippen molar-refractivity contribution in [2.24, 2.45) is 5.73 Å². The van der Waals surface area contributed by atoms with E-state index in [1.165, 1.54) is 12.8 Å². The fourth-order valence-corrected chi connectivity index (χ4v) is 3.18. The van der Waals surface area contributed by atoms with Gasteiger partial charge in [0.25, 0.3) is 5.91 Å². The van der Waals surface area contributed by atoms with Gasteiger partial charge in [-0.25, -0.2) is 0 Å². The number of nitrogens with one attached hydrogen (secondary N) is 1. The molecule has 5 nitrogen and oxygen atoms in total. The van der Waals surface area contributed by atoms with E-state index in [1.807, 2.05) is 43.3 Å². The zero-order valence-electron chi connectivity index (χ0n) is 14.1. The maximum Gasteiger partial charge on any atom is 0.251 e. The SMILES string of the molecule is Cc1ccc(C(CNC(=O)c2ccc(CN)cc2)N2CCCC2)o1. The number of furan rings is 1. The molecule has 1 saturated heterocycles. The molecule has 2 heterocycles. The van der Waals surface area contributed by atoms with Crippen molar-refractivity contribution in [3.8, 4) is 0 Å². The van der Waals surface area contributed by atoms with E-state index in [2.05, 4.69) is 10.2 Å². The summed E-state index contributed by atoms with van der Waals surface area (Å²) in [6, 6.07) is 11.5. The molecule has 0 bridgehead atoms. The monoisotopic (exact) mass is 327 g/mol. The van der Waals surface area contributed by atoms with Gasteiger partial charge in [0.15, 0.2) is 0 Å². The first-order chi connectivity index (χ1) is 11.7. The second-order valence-electron chi connectivity index (χ2n) is 6.32. The van der Waals surface area contributed by atoms with Crippen LogP contribution in [0.25, 0.3) is 0 Å². The maximum absolute atomic E-state index is 12.4. The average Bonchev–Trinajstić information content (AvgIpc) is 3.27. The largest absolute Gasteiger partial charge is 0.465 e. The highest BCUT2D eigenvalue weighted by Crippen LogP contribution is 2.26. The van der Waals surface area contributed by atoms with Gasteiger partial charge in [0.05, 0.1) is 6.04 Å². The van der Waals surface area contributed by atoms with E-state index in [9.17, 15) is 4.79 Å². The number of hydrogen-bond donors (Lipinski definition) is 2. The van der Waals surface area contributed by atoms with Crippen LogP contribution < -0.4 is 11.1 Å². The predicted octanol–water partition coefficient (Wildman–Crippen LogP) is 2.61. The second kappa shape index (κ2) is 7.64. The van der Waals surface area contributed by atoms with Gasteiger partial charge < -0.3 is 15.5 Å². The smallest absolute Gasteiger partial charge is 0.251 e. The Labute approximate surface area is 142 Å². The lowest BCUT2D eigenvalue weighted by Gasteiger charge is -2.26. The highest BCUT2D eigenvalue weighted by Gasteiger charge is 2.26. The third kappa shape index (κ3) is 3.86. The molecule has 1 fully saturated rings. The third-order valence-electron chi connectivity index (χ3n) is 4.58. The number of nitrogens with two attached hydrogens (primary N) is 1. The van der Waals surface area contributed by atoms with Crippen LogP contribution in [0.2, 0.25) is 0 Å². The maximum atomic E-state index is 12.4. The molecule has 3 rings (SSSR count). The molecule has 0 saturated carbocycles. The van der Waals surface area contributed by atoms with E-state index in [-0.39, 0.29) is 11.9 Å². The number of carbonyl (C=O) groups is 1. The normalized spacial score (nSPS) is 16.2. The molecular formula is C19H25N3O2. The zero-order valence-corrected chi connectivity index (χ0v) is 14.1. The first-order valence-corrected chi connectivity index (χ1v) is 8.55. The average molecular weight is 327 g/mol. The fraction of sp³-hybridized carbons (Fsp3) is 0.421. The van der Waals surface area contributed by atoms with E-state index < -0.39 is 0 Å². The van der Waals surface area contributed by atoms with E-state index >= 15 is 0 Å². The van der Waals surface area contributed by atoms with Gasteiger partial charge in [-0.3, -0.25) is 9.69 Å². The van der Waals surface area contributed by atoms with Crippen molar-refractivity contribution in [3.05, 3.63) is 59.0 Å². The topological polar surface area (TPSA) is 71.5 Å². The molecule has 1 aromatic carbocycles. The summed E-state index contributed by atoms with van der Waals surface area (Å²) in [6.07, 6.45) is 2.40. The van der Waals surface area contributed by atoms with Crippen molar-refractivity contribution in [2.75, 3.05) is 19.6 Å². The molecule has 0 aliphatic carbocycles. The molecule has 1 aromatic heterocycles. The summed E-state index contributed by atoms with van der Waals surface area (Å²) in [7, 11) is 0. The first kappa shape index (κ1) is 16.7. The molecule has 1 amide bonds. The molecule has 1 aliphatic rings. The van der Waals surface area contributed by atoms with Crippen LogP contribution in [-0.2, 0) is 6.54 Å². The minimum atomic E-state index is -0.0638. The van der Waals surface area contributed by atoms with Crippen molar-refractivity contribution >= 4 is 5.91 Å². The molecule has 0 spiro atoms. The molecule has 2 aromatic rings. The van der Waals surface area contributed by atoms with Crippen LogP contribution in [0.5, 0.6) is 0 Å². The van der Waals surface area contributed by atoms with Crippen molar-refractivity contribution < 1.29 is 9.21 Å². The summed E-state index contributed by atoms with van der Waals surface area (Å²) >= 11 is 0. The van der Waals surface area contributed by atoms with Crippen molar-refractivity contribution in [1.82, 2.24) is 10.2 Å². The standard InChI is InChI=1S/C19H25N3O2/c1-14-4-9-18(24-14)17(22-10-2-3-11-22)13-21-19(23)16-7-5-15(12-20)6-8-16/h4-9,17H,2-3,10-13,20H2,1H3,(H,21,23). The summed E-state index contributed by atoms with van der Waals surface area (Å²) in [5.74, 6) is 1.76. The Hall–Kier alpha value is -2.11. The lowest BCUT2D eigenvalue weighted by atomic mass is 10.1. The van der Waals surface area contributed by atoms with Gasteiger partial charge >= 0.3 is 0 Å². The number of hydrogen-bond acceptors (Lipinski definition) is 4. The lowest BCUT2D eigenvalue weighted by Crippen LogP contribution is -2.36. The lowest BCUT2D eigenvalue weighted by molar-refractivity contribution is 0.0933. The molecular weight excluding hydrogens is 302 g/mol. The van der Waals surface area contributed by atoms with Crippen LogP contribution in [0.15, 0.2) is 40.8 Å². The van der Waals surface area contributed by atoms with Gasteiger partial charge in [-0.2, -0.15) is 0 Å². The highest BCUT2D eigenvalue weighted by molar-refractivity contribution is 5.94. The van der Waals surface area contributed by atoms with E-state index in [0.29, 0.717) is 18.7 Å². The summed E-state index contributed by atoms with van der Waals surface area (Å²) in [6.45, 7) is 5.07. The van der Waals surface area contributed by atoms with Gasteiger partial charge in [-0.1, -0.05) is 12.1 Å². The second-order valence-corrected chi connectivity index (χ2v) is 6.32. The minimum absolute atomic E-state index is 0.0638. The van der Waals surface area contributed by atoms with Gasteiger partial charge in [0.2, 0.25) is 0 Å². The van der Waals surface area contributed by atoms with Crippen molar-refractivity contribution in [1.29, 1.82) is 0 Å². The number of amides is 1. The summed E-state index contributed by atoms with van der Waals surface area (Å²) in [5, 5.41) is 3.05. The van der Waals surface area contributed by atoms with Crippen LogP contribution in [0, 0.1) is 6.92 Å². The Morgan fingerprint density at radius 1 is 1.21 bits per heavy atom. The van der Waals surface area contributed by atoms with E-state index in [1.54, 1.807) is 0 Å². The van der Waals surface area contributed by atoms with E-state index in [4.69, 9.17) is 10.2 Å². The number of rotatable bonds is 6. The molecule has 3 N–H and O–H groups in total. The summed E-state index contributed by atoms with van der Waals surface area (Å²) in [4.78, 5) is 14.8. The third-order valence-corrected chi connectivity index (χ3v) is 4.58. The van der Waals surface area contributed by atoms with Crippen molar-refractivity contribution in [3.63, 3.8) is 0 Å². The number of carbonyl (C=O) groups excluding carboxylic acids is 1. The van der Waals surface area contributed by atoms with Crippen LogP contribution in [0.3, 0.4) is 0 Å². The van der Waals surface area contributed by atoms with Crippen LogP contribution in [0.1, 0.15) is 46.3 Å². The van der Waals surface area contributed by atoms with Crippen LogP contribution in [-0.4, -0.2) is 30.4 Å². The van der Waals surface area contributed by atoms with E-state index in [0.717, 1.165) is 30.2 Å². The highest BCUT2D eigenvalue weighted by atomic mass is 16.3. The van der Waals surface area contributed by atoms with Crippen LogP contribution in [0.4, 0.5) is 0 Å². The molecule has 1 unspecified atom stereocenters. The Morgan fingerprint density at radius 2 is 1.92 bits per heavy atom. The Bertz CT molecular complexity index is 672. The van der Waals surface area contributed by atoms with Crippen molar-refractivity contribution in [2.45, 2.75) is 32.4 Å². The molecule has 24 heavy (non-hydrogen) atoms. The molecule has 5 heteroatoms.